The first kappa shape index (κ1) is 12.4. The monoisotopic (exact) mass is 266 g/mol. The highest BCUT2D eigenvalue weighted by atomic mass is 16.5. The molecule has 0 fully saturated rings. The standard InChI is InChI=1S/C16H14N2O2/c1-11-17-14-10-12(8-9-15(14)18(11)2)16(19)20-13-6-4-3-5-7-13/h3-10H,1-2H3. The Morgan fingerprint density at radius 1 is 1.15 bits per heavy atom. The van der Waals surface area contributed by atoms with Crippen molar-refractivity contribution in [1.29, 1.82) is 0 Å². The van der Waals surface area contributed by atoms with Gasteiger partial charge in [-0.25, -0.2) is 9.78 Å². The van der Waals surface area contributed by atoms with E-state index in [1.54, 1.807) is 24.3 Å². The second kappa shape index (κ2) is 4.81. The molecule has 3 rings (SSSR count). The predicted octanol–water partition coefficient (Wildman–Crippen LogP) is 3.10. The summed E-state index contributed by atoms with van der Waals surface area (Å²) in [5, 5.41) is 0. The van der Waals surface area contributed by atoms with Gasteiger partial charge in [-0.2, -0.15) is 0 Å². The number of rotatable bonds is 2. The zero-order valence-electron chi connectivity index (χ0n) is 11.3. The van der Waals surface area contributed by atoms with E-state index in [-0.39, 0.29) is 5.97 Å². The lowest BCUT2D eigenvalue weighted by Crippen LogP contribution is -2.08. The second-order valence-corrected chi connectivity index (χ2v) is 4.62. The second-order valence-electron chi connectivity index (χ2n) is 4.62. The van der Waals surface area contributed by atoms with Gasteiger partial charge in [-0.1, -0.05) is 18.2 Å². The molecule has 100 valence electrons. The van der Waals surface area contributed by atoms with Gasteiger partial charge in [0.2, 0.25) is 0 Å². The van der Waals surface area contributed by atoms with Gasteiger partial charge in [-0.3, -0.25) is 0 Å². The maximum Gasteiger partial charge on any atom is 0.343 e. The SMILES string of the molecule is Cc1nc2cc(C(=O)Oc3ccccc3)ccc2n1C. The first-order valence-electron chi connectivity index (χ1n) is 6.35. The quantitative estimate of drug-likeness (QED) is 0.529. The Morgan fingerprint density at radius 2 is 1.90 bits per heavy atom. The largest absolute Gasteiger partial charge is 0.423 e. The molecule has 0 N–H and O–H groups in total. The molecule has 1 heterocycles. The van der Waals surface area contributed by atoms with Crippen molar-refractivity contribution in [3.8, 4) is 5.75 Å². The molecule has 2 aromatic carbocycles. The highest BCUT2D eigenvalue weighted by Gasteiger charge is 2.11. The number of carbonyl (C=O) groups is 1. The van der Waals surface area contributed by atoms with E-state index in [1.807, 2.05) is 42.8 Å². The van der Waals surface area contributed by atoms with E-state index in [0.29, 0.717) is 11.3 Å². The van der Waals surface area contributed by atoms with Gasteiger partial charge in [-0.05, 0) is 37.3 Å². The summed E-state index contributed by atoms with van der Waals surface area (Å²) >= 11 is 0. The molecule has 0 bridgehead atoms. The minimum Gasteiger partial charge on any atom is -0.423 e. The van der Waals surface area contributed by atoms with Crippen LogP contribution >= 0.6 is 0 Å². The van der Waals surface area contributed by atoms with E-state index in [1.165, 1.54) is 0 Å². The first-order chi connectivity index (χ1) is 9.65. The molecule has 4 heteroatoms. The molecule has 4 nitrogen and oxygen atoms in total. The number of esters is 1. The van der Waals surface area contributed by atoms with Gasteiger partial charge in [0.15, 0.2) is 0 Å². The molecule has 3 aromatic rings. The Kier molecular flexibility index (Phi) is 2.99. The molecule has 0 unspecified atom stereocenters. The number of aromatic nitrogens is 2. The summed E-state index contributed by atoms with van der Waals surface area (Å²) in [5.74, 6) is 1.07. The van der Waals surface area contributed by atoms with Gasteiger partial charge < -0.3 is 9.30 Å². The molecule has 20 heavy (non-hydrogen) atoms. The van der Waals surface area contributed by atoms with Crippen molar-refractivity contribution < 1.29 is 9.53 Å². The highest BCUT2D eigenvalue weighted by molar-refractivity contribution is 5.95. The zero-order chi connectivity index (χ0) is 14.1. The van der Waals surface area contributed by atoms with Crippen molar-refractivity contribution in [2.75, 3.05) is 0 Å². The van der Waals surface area contributed by atoms with E-state index in [9.17, 15) is 4.79 Å². The lowest BCUT2D eigenvalue weighted by Gasteiger charge is -2.04. The molecule has 0 atom stereocenters. The predicted molar refractivity (Wildman–Crippen MR) is 76.9 cm³/mol. The number of nitrogens with zero attached hydrogens (tertiary/aromatic N) is 2. The van der Waals surface area contributed by atoms with Gasteiger partial charge in [0, 0.05) is 7.05 Å². The van der Waals surface area contributed by atoms with Crippen LogP contribution in [0, 0.1) is 6.92 Å². The highest BCUT2D eigenvalue weighted by Crippen LogP contribution is 2.18. The van der Waals surface area contributed by atoms with Gasteiger partial charge in [0.25, 0.3) is 0 Å². The van der Waals surface area contributed by atoms with Gasteiger partial charge in [0.05, 0.1) is 16.6 Å². The van der Waals surface area contributed by atoms with E-state index in [0.717, 1.165) is 16.9 Å². The average Bonchev–Trinajstić information content (AvgIpc) is 2.74. The molecular formula is C16H14N2O2. The molecule has 1 aromatic heterocycles. The van der Waals surface area contributed by atoms with Crippen LogP contribution < -0.4 is 4.74 Å². The fourth-order valence-electron chi connectivity index (χ4n) is 2.10. The van der Waals surface area contributed by atoms with Crippen LogP contribution in [0.25, 0.3) is 11.0 Å². The number of para-hydroxylation sites is 1. The summed E-state index contributed by atoms with van der Waals surface area (Å²) in [6, 6.07) is 14.4. The van der Waals surface area contributed by atoms with Crippen LogP contribution in [-0.4, -0.2) is 15.5 Å². The number of hydrogen-bond acceptors (Lipinski definition) is 3. The molecule has 0 spiro atoms. The van der Waals surface area contributed by atoms with Crippen LogP contribution in [0.15, 0.2) is 48.5 Å². The topological polar surface area (TPSA) is 44.1 Å². The van der Waals surface area contributed by atoms with E-state index < -0.39 is 0 Å². The number of aryl methyl sites for hydroxylation is 2. The van der Waals surface area contributed by atoms with Gasteiger partial charge in [-0.15, -0.1) is 0 Å². The third kappa shape index (κ3) is 2.16. The Morgan fingerprint density at radius 3 is 2.65 bits per heavy atom. The number of carbonyl (C=O) groups excluding carboxylic acids is 1. The lowest BCUT2D eigenvalue weighted by molar-refractivity contribution is 0.0735. The maximum absolute atomic E-state index is 12.1. The van der Waals surface area contributed by atoms with Crippen molar-refractivity contribution in [2.45, 2.75) is 6.92 Å². The van der Waals surface area contributed by atoms with Crippen LogP contribution in [-0.2, 0) is 7.05 Å². The molecule has 0 aliphatic heterocycles. The number of benzene rings is 2. The van der Waals surface area contributed by atoms with Gasteiger partial charge in [0.1, 0.15) is 11.6 Å². The zero-order valence-corrected chi connectivity index (χ0v) is 11.3. The van der Waals surface area contributed by atoms with Crippen LogP contribution in [0.4, 0.5) is 0 Å². The third-order valence-corrected chi connectivity index (χ3v) is 3.29. The Bertz CT molecular complexity index is 776. The number of ether oxygens (including phenoxy) is 1. The number of hydrogen-bond donors (Lipinski definition) is 0. The summed E-state index contributed by atoms with van der Waals surface area (Å²) in [4.78, 5) is 16.5. The van der Waals surface area contributed by atoms with Crippen molar-refractivity contribution >= 4 is 17.0 Å². The Hall–Kier alpha value is -2.62. The lowest BCUT2D eigenvalue weighted by atomic mass is 10.2. The average molecular weight is 266 g/mol. The number of imidazole rings is 1. The normalized spacial score (nSPS) is 10.7. The molecule has 0 amide bonds. The molecular weight excluding hydrogens is 252 g/mol. The summed E-state index contributed by atoms with van der Waals surface area (Å²) < 4.78 is 7.30. The van der Waals surface area contributed by atoms with Crippen LogP contribution in [0.5, 0.6) is 5.75 Å². The summed E-state index contributed by atoms with van der Waals surface area (Å²) in [5.41, 5.74) is 2.30. The minimum atomic E-state index is -0.374. The summed E-state index contributed by atoms with van der Waals surface area (Å²) in [6.45, 7) is 1.93. The van der Waals surface area contributed by atoms with Crippen molar-refractivity contribution in [3.63, 3.8) is 0 Å². The molecule has 0 saturated heterocycles. The van der Waals surface area contributed by atoms with Crippen molar-refractivity contribution in [1.82, 2.24) is 9.55 Å². The smallest absolute Gasteiger partial charge is 0.343 e. The summed E-state index contributed by atoms with van der Waals surface area (Å²) in [6.07, 6.45) is 0. The van der Waals surface area contributed by atoms with Crippen LogP contribution in [0.3, 0.4) is 0 Å². The fraction of sp³-hybridized carbons (Fsp3) is 0.125. The molecule has 0 aliphatic carbocycles. The van der Waals surface area contributed by atoms with Crippen LogP contribution in [0.2, 0.25) is 0 Å². The van der Waals surface area contributed by atoms with Crippen molar-refractivity contribution in [3.05, 3.63) is 59.9 Å². The fourth-order valence-corrected chi connectivity index (χ4v) is 2.10. The van der Waals surface area contributed by atoms with E-state index in [2.05, 4.69) is 4.98 Å². The number of fused-ring (bicyclic) bond motifs is 1. The van der Waals surface area contributed by atoms with Gasteiger partial charge >= 0.3 is 5.97 Å². The first-order valence-corrected chi connectivity index (χ1v) is 6.35. The molecule has 0 saturated carbocycles. The van der Waals surface area contributed by atoms with E-state index >= 15 is 0 Å². The van der Waals surface area contributed by atoms with E-state index in [4.69, 9.17) is 4.74 Å². The minimum absolute atomic E-state index is 0.374. The summed E-state index contributed by atoms with van der Waals surface area (Å²) in [7, 11) is 1.95. The third-order valence-electron chi connectivity index (χ3n) is 3.29. The van der Waals surface area contributed by atoms with Crippen LogP contribution in [0.1, 0.15) is 16.2 Å². The maximum atomic E-state index is 12.1. The molecule has 0 radical (unpaired) electrons. The Balaban J connectivity index is 1.92. The van der Waals surface area contributed by atoms with Crippen molar-refractivity contribution in [2.24, 2.45) is 7.05 Å². The Labute approximate surface area is 116 Å². The molecule has 0 aliphatic rings.